The average molecular weight is 361 g/mol. The summed E-state index contributed by atoms with van der Waals surface area (Å²) in [6.07, 6.45) is 4.75. The van der Waals surface area contributed by atoms with Gasteiger partial charge >= 0.3 is 0 Å². The van der Waals surface area contributed by atoms with Gasteiger partial charge in [-0.25, -0.2) is 5.43 Å². The number of rotatable bonds is 5. The Morgan fingerprint density at radius 1 is 1.19 bits per heavy atom. The molecule has 0 aliphatic carbocycles. The van der Waals surface area contributed by atoms with Crippen LogP contribution in [0.4, 0.5) is 0 Å². The maximum Gasteiger partial charge on any atom is 0.240 e. The number of hydrazone groups is 1. The Kier molecular flexibility index (Phi) is 17.1. The van der Waals surface area contributed by atoms with Crippen LogP contribution in [0, 0.1) is 0 Å². The molecule has 0 saturated heterocycles. The fourth-order valence-electron chi connectivity index (χ4n) is 1.82. The van der Waals surface area contributed by atoms with Crippen molar-refractivity contribution in [2.45, 2.75) is 54.4 Å². The van der Waals surface area contributed by atoms with Gasteiger partial charge in [0.25, 0.3) is 0 Å². The summed E-state index contributed by atoms with van der Waals surface area (Å²) in [7, 11) is 1.81. The molecule has 5 nitrogen and oxygen atoms in total. The number of amides is 1. The molecule has 3 N–H and O–H groups in total. The lowest BCUT2D eigenvalue weighted by Gasteiger charge is -2.00. The lowest BCUT2D eigenvalue weighted by Crippen LogP contribution is -2.18. The highest BCUT2D eigenvalue weighted by atomic mass is 16.2. The topological polar surface area (TPSA) is 69.3 Å². The smallest absolute Gasteiger partial charge is 0.240 e. The number of aromatic nitrogens is 1. The van der Waals surface area contributed by atoms with E-state index in [4.69, 9.17) is 0 Å². The SMILES string of the molecule is C=CNC.CC.CC.CC(C)=NNC(=O)CCc1c[nH]c2ccccc12. The van der Waals surface area contributed by atoms with E-state index in [-0.39, 0.29) is 5.91 Å². The maximum absolute atomic E-state index is 11.6. The third kappa shape index (κ3) is 11.1. The molecule has 0 fully saturated rings. The highest BCUT2D eigenvalue weighted by Crippen LogP contribution is 2.18. The van der Waals surface area contributed by atoms with Crippen LogP contribution in [0.3, 0.4) is 0 Å². The predicted octanol–water partition coefficient (Wildman–Crippen LogP) is 5.01. The molecule has 1 aromatic carbocycles. The molecular formula is C21H36N4O. The second-order valence-corrected chi connectivity index (χ2v) is 4.95. The summed E-state index contributed by atoms with van der Waals surface area (Å²) in [6.45, 7) is 15.1. The zero-order chi connectivity index (χ0) is 20.4. The van der Waals surface area contributed by atoms with Crippen LogP contribution in [0.15, 0.2) is 48.3 Å². The summed E-state index contributed by atoms with van der Waals surface area (Å²) in [5.74, 6) is -0.0542. The number of aryl methyl sites for hydroxylation is 1. The van der Waals surface area contributed by atoms with E-state index < -0.39 is 0 Å². The van der Waals surface area contributed by atoms with Crippen molar-refractivity contribution in [2.24, 2.45) is 5.10 Å². The van der Waals surface area contributed by atoms with E-state index in [2.05, 4.69) is 33.5 Å². The minimum absolute atomic E-state index is 0.0542. The summed E-state index contributed by atoms with van der Waals surface area (Å²) < 4.78 is 0. The van der Waals surface area contributed by atoms with Crippen LogP contribution in [-0.2, 0) is 11.2 Å². The molecule has 0 atom stereocenters. The number of carbonyl (C=O) groups is 1. The summed E-state index contributed by atoms with van der Waals surface area (Å²) in [5.41, 5.74) is 5.65. The van der Waals surface area contributed by atoms with Gasteiger partial charge in [0, 0.05) is 36.3 Å². The minimum atomic E-state index is -0.0542. The largest absolute Gasteiger partial charge is 0.394 e. The van der Waals surface area contributed by atoms with Gasteiger partial charge in [0.2, 0.25) is 5.91 Å². The van der Waals surface area contributed by atoms with E-state index in [1.165, 1.54) is 5.39 Å². The quantitative estimate of drug-likeness (QED) is 0.518. The van der Waals surface area contributed by atoms with Crippen LogP contribution < -0.4 is 10.7 Å². The highest BCUT2D eigenvalue weighted by Gasteiger charge is 2.05. The molecule has 5 heteroatoms. The number of fused-ring (bicyclic) bond motifs is 1. The van der Waals surface area contributed by atoms with Gasteiger partial charge < -0.3 is 10.3 Å². The normalized spacial score (nSPS) is 8.42. The second kappa shape index (κ2) is 17.3. The van der Waals surface area contributed by atoms with Crippen LogP contribution in [0.25, 0.3) is 10.9 Å². The molecule has 0 spiro atoms. The Labute approximate surface area is 159 Å². The van der Waals surface area contributed by atoms with Gasteiger partial charge in [0.15, 0.2) is 0 Å². The van der Waals surface area contributed by atoms with Gasteiger partial charge in [-0.1, -0.05) is 52.5 Å². The first-order valence-corrected chi connectivity index (χ1v) is 9.21. The highest BCUT2D eigenvalue weighted by molar-refractivity contribution is 5.85. The summed E-state index contributed by atoms with van der Waals surface area (Å²) in [5, 5.41) is 7.77. The molecule has 2 aromatic rings. The van der Waals surface area contributed by atoms with Crippen molar-refractivity contribution in [1.29, 1.82) is 0 Å². The summed E-state index contributed by atoms with van der Waals surface area (Å²) in [6, 6.07) is 8.09. The van der Waals surface area contributed by atoms with Crippen molar-refractivity contribution < 1.29 is 4.79 Å². The monoisotopic (exact) mass is 360 g/mol. The van der Waals surface area contributed by atoms with Crippen LogP contribution in [0.2, 0.25) is 0 Å². The number of carbonyl (C=O) groups excluding carboxylic acids is 1. The molecule has 146 valence electrons. The van der Waals surface area contributed by atoms with E-state index in [1.807, 2.05) is 73.0 Å². The van der Waals surface area contributed by atoms with Crippen LogP contribution >= 0.6 is 0 Å². The van der Waals surface area contributed by atoms with Crippen molar-refractivity contribution in [2.75, 3.05) is 7.05 Å². The number of hydrogen-bond acceptors (Lipinski definition) is 3. The fourth-order valence-corrected chi connectivity index (χ4v) is 1.82. The van der Waals surface area contributed by atoms with Crippen molar-refractivity contribution in [3.05, 3.63) is 48.8 Å². The van der Waals surface area contributed by atoms with E-state index in [1.54, 1.807) is 6.20 Å². The fraction of sp³-hybridized carbons (Fsp3) is 0.429. The number of hydrogen-bond donors (Lipinski definition) is 3. The van der Waals surface area contributed by atoms with Gasteiger partial charge in [0.1, 0.15) is 0 Å². The minimum Gasteiger partial charge on any atom is -0.394 e. The molecule has 1 aromatic heterocycles. The summed E-state index contributed by atoms with van der Waals surface area (Å²) in [4.78, 5) is 14.8. The molecule has 0 aliphatic heterocycles. The molecule has 0 radical (unpaired) electrons. The molecule has 1 heterocycles. The van der Waals surface area contributed by atoms with E-state index in [9.17, 15) is 4.79 Å². The zero-order valence-corrected chi connectivity index (χ0v) is 17.4. The Balaban J connectivity index is 0. The molecule has 26 heavy (non-hydrogen) atoms. The van der Waals surface area contributed by atoms with Gasteiger partial charge in [-0.05, 0) is 38.1 Å². The Morgan fingerprint density at radius 2 is 1.77 bits per heavy atom. The molecule has 0 aliphatic rings. The zero-order valence-electron chi connectivity index (χ0n) is 17.4. The molecular weight excluding hydrogens is 324 g/mol. The van der Waals surface area contributed by atoms with Crippen molar-refractivity contribution in [1.82, 2.24) is 15.7 Å². The third-order valence-electron chi connectivity index (χ3n) is 2.90. The summed E-state index contributed by atoms with van der Waals surface area (Å²) >= 11 is 0. The Morgan fingerprint density at radius 3 is 2.31 bits per heavy atom. The first-order chi connectivity index (χ1) is 12.6. The van der Waals surface area contributed by atoms with E-state index in [0.717, 1.165) is 16.8 Å². The van der Waals surface area contributed by atoms with Crippen molar-refractivity contribution >= 4 is 22.5 Å². The van der Waals surface area contributed by atoms with Crippen molar-refractivity contribution in [3.8, 4) is 0 Å². The number of benzene rings is 1. The van der Waals surface area contributed by atoms with Crippen LogP contribution in [0.5, 0.6) is 0 Å². The average Bonchev–Trinajstić information content (AvgIpc) is 3.11. The molecule has 0 bridgehead atoms. The van der Waals surface area contributed by atoms with Crippen LogP contribution in [-0.4, -0.2) is 23.7 Å². The molecule has 0 unspecified atom stereocenters. The number of nitrogens with zero attached hydrogens (tertiary/aromatic N) is 1. The lowest BCUT2D eigenvalue weighted by atomic mass is 10.1. The van der Waals surface area contributed by atoms with E-state index >= 15 is 0 Å². The number of aromatic amines is 1. The number of para-hydroxylation sites is 1. The molecule has 1 amide bonds. The van der Waals surface area contributed by atoms with Gasteiger partial charge in [-0.15, -0.1) is 0 Å². The number of H-pyrrole nitrogens is 1. The Hall–Kier alpha value is -2.56. The molecule has 0 saturated carbocycles. The standard InChI is InChI=1S/C14H17N3O.C3H7N.2C2H6/c1-10(2)16-17-14(18)8-7-11-9-15-13-6-4-3-5-12(11)13;1-3-4-2;2*1-2/h3-6,9,15H,7-8H2,1-2H3,(H,17,18);3-4H,1H2,2H3;2*1-2H3. The second-order valence-electron chi connectivity index (χ2n) is 4.95. The molecule has 2 rings (SSSR count). The Bertz CT molecular complexity index is 640. The lowest BCUT2D eigenvalue weighted by molar-refractivity contribution is -0.121. The predicted molar refractivity (Wildman–Crippen MR) is 115 cm³/mol. The third-order valence-corrected chi connectivity index (χ3v) is 2.90. The van der Waals surface area contributed by atoms with Gasteiger partial charge in [0.05, 0.1) is 0 Å². The first kappa shape index (κ1) is 25.7. The van der Waals surface area contributed by atoms with E-state index in [0.29, 0.717) is 12.8 Å². The number of nitrogens with one attached hydrogen (secondary N) is 3. The van der Waals surface area contributed by atoms with Gasteiger partial charge in [-0.2, -0.15) is 5.10 Å². The van der Waals surface area contributed by atoms with Gasteiger partial charge in [-0.3, -0.25) is 4.79 Å². The van der Waals surface area contributed by atoms with Crippen LogP contribution in [0.1, 0.15) is 53.5 Å². The van der Waals surface area contributed by atoms with Crippen molar-refractivity contribution in [3.63, 3.8) is 0 Å². The maximum atomic E-state index is 11.6. The first-order valence-electron chi connectivity index (χ1n) is 9.21.